The Bertz CT molecular complexity index is 422. The first-order valence-electron chi connectivity index (χ1n) is 5.92. The van der Waals surface area contributed by atoms with Crippen LogP contribution >= 0.6 is 0 Å². The Morgan fingerprint density at radius 3 is 2.76 bits per heavy atom. The van der Waals surface area contributed by atoms with Crippen molar-refractivity contribution in [1.29, 1.82) is 0 Å². The zero-order valence-electron chi connectivity index (χ0n) is 10.1. The lowest BCUT2D eigenvalue weighted by molar-refractivity contribution is -0.120. The molecule has 1 N–H and O–H groups in total. The summed E-state index contributed by atoms with van der Waals surface area (Å²) in [5.74, 6) is -0.415. The standard InChI is InChI=1S/C13H17FN2O/c1-9-7-8-15-10(2)13(17)16(9)12-6-4-3-5-11(12)14/h3-6,9-10,15H,7-8H2,1-2H3. The normalized spacial score (nSPS) is 25.8. The van der Waals surface area contributed by atoms with E-state index in [1.807, 2.05) is 13.8 Å². The average molecular weight is 236 g/mol. The lowest BCUT2D eigenvalue weighted by Gasteiger charge is -2.28. The van der Waals surface area contributed by atoms with Crippen LogP contribution in [0.5, 0.6) is 0 Å². The molecule has 0 saturated carbocycles. The predicted octanol–water partition coefficient (Wildman–Crippen LogP) is 1.93. The molecule has 4 heteroatoms. The largest absolute Gasteiger partial charge is 0.306 e. The van der Waals surface area contributed by atoms with Crippen LogP contribution in [0.15, 0.2) is 24.3 Å². The summed E-state index contributed by atoms with van der Waals surface area (Å²) < 4.78 is 13.8. The van der Waals surface area contributed by atoms with E-state index in [-0.39, 0.29) is 23.8 Å². The minimum atomic E-state index is -0.346. The van der Waals surface area contributed by atoms with Gasteiger partial charge in [-0.25, -0.2) is 4.39 Å². The van der Waals surface area contributed by atoms with Crippen molar-refractivity contribution >= 4 is 11.6 Å². The fourth-order valence-electron chi connectivity index (χ4n) is 2.15. The van der Waals surface area contributed by atoms with E-state index in [1.165, 1.54) is 6.07 Å². The van der Waals surface area contributed by atoms with Crippen LogP contribution in [0.25, 0.3) is 0 Å². The molecule has 92 valence electrons. The molecule has 2 rings (SSSR count). The van der Waals surface area contributed by atoms with Crippen molar-refractivity contribution in [3.05, 3.63) is 30.1 Å². The Morgan fingerprint density at radius 2 is 2.06 bits per heavy atom. The molecule has 1 saturated heterocycles. The molecule has 3 nitrogen and oxygen atoms in total. The third-order valence-electron chi connectivity index (χ3n) is 3.17. The molecule has 17 heavy (non-hydrogen) atoms. The SMILES string of the molecule is CC1NCCC(C)N(c2ccccc2F)C1=O. The topological polar surface area (TPSA) is 32.3 Å². The zero-order valence-corrected chi connectivity index (χ0v) is 10.1. The van der Waals surface area contributed by atoms with Crippen LogP contribution in [-0.2, 0) is 4.79 Å². The van der Waals surface area contributed by atoms with E-state index < -0.39 is 0 Å². The number of anilines is 1. The average Bonchev–Trinajstić information content (AvgIpc) is 2.42. The van der Waals surface area contributed by atoms with Crippen molar-refractivity contribution in [2.75, 3.05) is 11.4 Å². The molecule has 1 aromatic carbocycles. The second kappa shape index (κ2) is 4.84. The van der Waals surface area contributed by atoms with Crippen molar-refractivity contribution in [2.24, 2.45) is 0 Å². The van der Waals surface area contributed by atoms with Gasteiger partial charge in [0.05, 0.1) is 11.7 Å². The fourth-order valence-corrected chi connectivity index (χ4v) is 2.15. The minimum Gasteiger partial charge on any atom is -0.306 e. The van der Waals surface area contributed by atoms with Crippen molar-refractivity contribution in [3.8, 4) is 0 Å². The number of benzene rings is 1. The number of nitrogens with zero attached hydrogens (tertiary/aromatic N) is 1. The van der Waals surface area contributed by atoms with E-state index >= 15 is 0 Å². The third kappa shape index (κ3) is 2.31. The maximum Gasteiger partial charge on any atom is 0.244 e. The lowest BCUT2D eigenvalue weighted by Crippen LogP contribution is -2.45. The van der Waals surface area contributed by atoms with E-state index in [0.717, 1.165) is 13.0 Å². The van der Waals surface area contributed by atoms with Crippen molar-refractivity contribution < 1.29 is 9.18 Å². The van der Waals surface area contributed by atoms with E-state index in [4.69, 9.17) is 0 Å². The Kier molecular flexibility index (Phi) is 3.43. The van der Waals surface area contributed by atoms with Gasteiger partial charge in [0, 0.05) is 6.04 Å². The Labute approximate surface area is 101 Å². The first-order chi connectivity index (χ1) is 8.11. The second-order valence-corrected chi connectivity index (χ2v) is 4.47. The summed E-state index contributed by atoms with van der Waals surface area (Å²) in [6.45, 7) is 4.54. The number of carbonyl (C=O) groups excluding carboxylic acids is 1. The highest BCUT2D eigenvalue weighted by Gasteiger charge is 2.30. The summed E-state index contributed by atoms with van der Waals surface area (Å²) in [7, 11) is 0. The molecule has 0 aliphatic carbocycles. The van der Waals surface area contributed by atoms with Gasteiger partial charge in [-0.1, -0.05) is 12.1 Å². The van der Waals surface area contributed by atoms with Crippen LogP contribution in [0.1, 0.15) is 20.3 Å². The molecule has 0 aromatic heterocycles. The highest BCUT2D eigenvalue weighted by Crippen LogP contribution is 2.24. The first kappa shape index (κ1) is 12.0. The fraction of sp³-hybridized carbons (Fsp3) is 0.462. The molecule has 1 aromatic rings. The van der Waals surface area contributed by atoms with Crippen LogP contribution in [0.3, 0.4) is 0 Å². The van der Waals surface area contributed by atoms with Gasteiger partial charge in [0.1, 0.15) is 5.82 Å². The molecular weight excluding hydrogens is 219 g/mol. The summed E-state index contributed by atoms with van der Waals surface area (Å²) in [5.41, 5.74) is 0.376. The van der Waals surface area contributed by atoms with Gasteiger partial charge in [-0.15, -0.1) is 0 Å². The van der Waals surface area contributed by atoms with Crippen LogP contribution in [0.2, 0.25) is 0 Å². The molecule has 0 radical (unpaired) electrons. The quantitative estimate of drug-likeness (QED) is 0.808. The molecule has 1 aliphatic rings. The summed E-state index contributed by atoms with van der Waals surface area (Å²) in [5, 5.41) is 3.13. The van der Waals surface area contributed by atoms with E-state index in [2.05, 4.69) is 5.32 Å². The van der Waals surface area contributed by atoms with Crippen LogP contribution < -0.4 is 10.2 Å². The third-order valence-corrected chi connectivity index (χ3v) is 3.17. The molecule has 1 fully saturated rings. The summed E-state index contributed by atoms with van der Waals surface area (Å²) in [6, 6.07) is 6.17. The number of para-hydroxylation sites is 1. The molecular formula is C13H17FN2O. The molecule has 2 atom stereocenters. The van der Waals surface area contributed by atoms with Crippen molar-refractivity contribution in [3.63, 3.8) is 0 Å². The highest BCUT2D eigenvalue weighted by molar-refractivity contribution is 5.97. The van der Waals surface area contributed by atoms with Crippen molar-refractivity contribution in [2.45, 2.75) is 32.4 Å². The van der Waals surface area contributed by atoms with Crippen LogP contribution in [0, 0.1) is 5.82 Å². The summed E-state index contributed by atoms with van der Waals surface area (Å²) in [4.78, 5) is 13.8. The van der Waals surface area contributed by atoms with E-state index in [9.17, 15) is 9.18 Å². The number of hydrogen-bond acceptors (Lipinski definition) is 2. The minimum absolute atomic E-state index is 0.0110. The van der Waals surface area contributed by atoms with Gasteiger partial charge in [0.25, 0.3) is 0 Å². The second-order valence-electron chi connectivity index (χ2n) is 4.47. The summed E-state index contributed by atoms with van der Waals surface area (Å²) in [6.07, 6.45) is 0.824. The van der Waals surface area contributed by atoms with Gasteiger partial charge in [0.15, 0.2) is 0 Å². The van der Waals surface area contributed by atoms with Gasteiger partial charge >= 0.3 is 0 Å². The smallest absolute Gasteiger partial charge is 0.244 e. The van der Waals surface area contributed by atoms with Crippen LogP contribution in [0.4, 0.5) is 10.1 Å². The van der Waals surface area contributed by atoms with E-state index in [0.29, 0.717) is 5.69 Å². The van der Waals surface area contributed by atoms with Gasteiger partial charge < -0.3 is 10.2 Å². The van der Waals surface area contributed by atoms with Gasteiger partial charge in [-0.2, -0.15) is 0 Å². The molecule has 1 heterocycles. The number of rotatable bonds is 1. The monoisotopic (exact) mass is 236 g/mol. The predicted molar refractivity (Wildman–Crippen MR) is 65.4 cm³/mol. The number of amides is 1. The maximum absolute atomic E-state index is 13.8. The molecule has 0 bridgehead atoms. The summed E-state index contributed by atoms with van der Waals surface area (Å²) >= 11 is 0. The number of halogens is 1. The van der Waals surface area contributed by atoms with E-state index in [1.54, 1.807) is 23.1 Å². The van der Waals surface area contributed by atoms with Crippen molar-refractivity contribution in [1.82, 2.24) is 5.32 Å². The Morgan fingerprint density at radius 1 is 1.35 bits per heavy atom. The molecule has 2 unspecified atom stereocenters. The zero-order chi connectivity index (χ0) is 12.4. The Balaban J connectivity index is 2.39. The first-order valence-corrected chi connectivity index (χ1v) is 5.92. The lowest BCUT2D eigenvalue weighted by atomic mass is 10.1. The Hall–Kier alpha value is -1.42. The molecule has 1 amide bonds. The van der Waals surface area contributed by atoms with Gasteiger partial charge in [0.2, 0.25) is 5.91 Å². The number of carbonyl (C=O) groups is 1. The maximum atomic E-state index is 13.8. The van der Waals surface area contributed by atoms with Gasteiger partial charge in [-0.05, 0) is 38.9 Å². The molecule has 0 spiro atoms. The van der Waals surface area contributed by atoms with Crippen LogP contribution in [-0.4, -0.2) is 24.5 Å². The molecule has 1 aliphatic heterocycles. The van der Waals surface area contributed by atoms with Gasteiger partial charge in [-0.3, -0.25) is 4.79 Å². The number of nitrogens with one attached hydrogen (secondary N) is 1. The highest BCUT2D eigenvalue weighted by atomic mass is 19.1. The number of hydrogen-bond donors (Lipinski definition) is 1.